The largest absolute Gasteiger partial charge is 0.460 e. The van der Waals surface area contributed by atoms with Gasteiger partial charge in [0.15, 0.2) is 11.5 Å². The van der Waals surface area contributed by atoms with Gasteiger partial charge in [-0.05, 0) is 99.5 Å². The highest BCUT2D eigenvalue weighted by molar-refractivity contribution is 6.31. The van der Waals surface area contributed by atoms with Gasteiger partial charge in [-0.3, -0.25) is 0 Å². The van der Waals surface area contributed by atoms with Crippen LogP contribution in [0.2, 0.25) is 10.0 Å². The van der Waals surface area contributed by atoms with Crippen LogP contribution in [-0.4, -0.2) is 25.5 Å². The lowest BCUT2D eigenvalue weighted by atomic mass is 9.76. The molecule has 186 valence electrons. The minimum absolute atomic E-state index is 0.364. The first-order chi connectivity index (χ1) is 16.9. The van der Waals surface area contributed by atoms with Crippen molar-refractivity contribution in [3.63, 3.8) is 0 Å². The van der Waals surface area contributed by atoms with Crippen LogP contribution in [0.25, 0.3) is 0 Å². The van der Waals surface area contributed by atoms with E-state index in [1.165, 1.54) is 0 Å². The Kier molecular flexibility index (Phi) is 4.82. The molecule has 0 bridgehead atoms. The summed E-state index contributed by atoms with van der Waals surface area (Å²) in [5.74, 6) is 1.39. The molecule has 4 nitrogen and oxygen atoms in total. The average molecular weight is 521 g/mol. The fourth-order valence-electron chi connectivity index (χ4n) is 6.49. The van der Waals surface area contributed by atoms with E-state index in [2.05, 4.69) is 88.0 Å². The monoisotopic (exact) mass is 520 g/mol. The van der Waals surface area contributed by atoms with Gasteiger partial charge in [0.05, 0.1) is 10.8 Å². The molecule has 0 aromatic heterocycles. The molecule has 6 rings (SSSR count). The van der Waals surface area contributed by atoms with E-state index in [-0.39, 0.29) is 10.8 Å². The van der Waals surface area contributed by atoms with Crippen molar-refractivity contribution in [1.82, 2.24) is 0 Å². The van der Waals surface area contributed by atoms with Crippen LogP contribution in [0, 0.1) is 0 Å². The molecule has 0 saturated carbocycles. The van der Waals surface area contributed by atoms with Gasteiger partial charge in [0.2, 0.25) is 11.4 Å². The molecule has 2 aromatic carbocycles. The second-order valence-corrected chi connectivity index (χ2v) is 11.9. The summed E-state index contributed by atoms with van der Waals surface area (Å²) in [6.45, 7) is 8.80. The lowest BCUT2D eigenvalue weighted by Gasteiger charge is -2.48. The lowest BCUT2D eigenvalue weighted by Crippen LogP contribution is -2.57. The van der Waals surface area contributed by atoms with Crippen LogP contribution in [0.15, 0.2) is 84.4 Å². The van der Waals surface area contributed by atoms with E-state index in [0.717, 1.165) is 32.5 Å². The summed E-state index contributed by atoms with van der Waals surface area (Å²) in [7, 11) is 4.14. The Morgan fingerprint density at radius 3 is 1.42 bits per heavy atom. The van der Waals surface area contributed by atoms with Gasteiger partial charge in [0, 0.05) is 35.5 Å². The fraction of sp³-hybridized carbons (Fsp3) is 0.333. The number of rotatable bonds is 1. The molecule has 0 N–H and O–H groups in total. The van der Waals surface area contributed by atoms with Crippen LogP contribution in [0.1, 0.15) is 38.8 Å². The summed E-state index contributed by atoms with van der Waals surface area (Å²) in [6, 6.07) is 12.1. The maximum absolute atomic E-state index is 6.92. The molecule has 0 aliphatic carbocycles. The highest BCUT2D eigenvalue weighted by atomic mass is 35.5. The molecule has 2 unspecified atom stereocenters. The van der Waals surface area contributed by atoms with E-state index in [4.69, 9.17) is 32.7 Å². The summed E-state index contributed by atoms with van der Waals surface area (Å²) in [6.07, 6.45) is 12.4. The molecule has 4 aliphatic heterocycles. The Morgan fingerprint density at radius 2 is 1.03 bits per heavy atom. The third-order valence-corrected chi connectivity index (χ3v) is 9.16. The van der Waals surface area contributed by atoms with Crippen LogP contribution in [0.5, 0.6) is 0 Å². The van der Waals surface area contributed by atoms with E-state index >= 15 is 0 Å². The van der Waals surface area contributed by atoms with Crippen LogP contribution >= 0.6 is 23.2 Å². The first kappa shape index (κ1) is 23.6. The number of anilines is 2. The van der Waals surface area contributed by atoms with Gasteiger partial charge in [-0.2, -0.15) is 0 Å². The molecule has 4 heterocycles. The van der Waals surface area contributed by atoms with Crippen molar-refractivity contribution >= 4 is 34.6 Å². The van der Waals surface area contributed by atoms with E-state index < -0.39 is 11.4 Å². The number of allylic oxidation sites excluding steroid dienone is 4. The zero-order valence-electron chi connectivity index (χ0n) is 21.4. The third kappa shape index (κ3) is 2.77. The van der Waals surface area contributed by atoms with Crippen molar-refractivity contribution in [1.29, 1.82) is 0 Å². The smallest absolute Gasteiger partial charge is 0.212 e. The highest BCUT2D eigenvalue weighted by Crippen LogP contribution is 2.57. The van der Waals surface area contributed by atoms with Crippen molar-refractivity contribution in [3.8, 4) is 0 Å². The molecule has 36 heavy (non-hydrogen) atoms. The van der Waals surface area contributed by atoms with E-state index in [9.17, 15) is 0 Å². The Bertz CT molecular complexity index is 1310. The van der Waals surface area contributed by atoms with Gasteiger partial charge in [0.1, 0.15) is 0 Å². The normalized spacial score (nSPS) is 28.6. The molecule has 6 heteroatoms. The lowest BCUT2D eigenvalue weighted by molar-refractivity contribution is -0.0438. The summed E-state index contributed by atoms with van der Waals surface area (Å²) in [4.78, 5) is 4.39. The number of hydrogen-bond donors (Lipinski definition) is 0. The zero-order valence-corrected chi connectivity index (χ0v) is 22.9. The number of ether oxygens (including phenoxy) is 2. The standard InChI is InChI=1S/C30H30Cl2N2O2/c1-27(2)21-17-19(31)11-13-23(21)33(5)29(27)15-7-9-25(35-29)26-10-8-16-30(36-26)28(3,4)22-18-20(32)12-14-24(22)34(30)6/h7-18H,1-6H3. The van der Waals surface area contributed by atoms with Crippen molar-refractivity contribution in [2.45, 2.75) is 50.0 Å². The van der Waals surface area contributed by atoms with Gasteiger partial charge < -0.3 is 19.3 Å². The maximum Gasteiger partial charge on any atom is 0.212 e. The first-order valence-corrected chi connectivity index (χ1v) is 13.0. The number of fused-ring (bicyclic) bond motifs is 2. The van der Waals surface area contributed by atoms with Crippen LogP contribution in [0.3, 0.4) is 0 Å². The molecular formula is C30H30Cl2N2O2. The van der Waals surface area contributed by atoms with Gasteiger partial charge in [-0.25, -0.2) is 0 Å². The van der Waals surface area contributed by atoms with Gasteiger partial charge in [-0.1, -0.05) is 35.4 Å². The zero-order chi connectivity index (χ0) is 25.7. The van der Waals surface area contributed by atoms with Crippen molar-refractivity contribution in [3.05, 3.63) is 106 Å². The number of benzene rings is 2. The predicted octanol–water partition coefficient (Wildman–Crippen LogP) is 7.48. The van der Waals surface area contributed by atoms with Crippen LogP contribution in [0.4, 0.5) is 11.4 Å². The molecule has 2 aromatic rings. The summed E-state index contributed by atoms with van der Waals surface area (Å²) >= 11 is 12.8. The van der Waals surface area contributed by atoms with E-state index in [0.29, 0.717) is 11.5 Å². The second kappa shape index (κ2) is 7.36. The van der Waals surface area contributed by atoms with E-state index in [1.807, 2.05) is 36.4 Å². The summed E-state index contributed by atoms with van der Waals surface area (Å²) in [5, 5.41) is 1.44. The Morgan fingerprint density at radius 1 is 0.639 bits per heavy atom. The molecule has 0 fully saturated rings. The number of nitrogens with zero attached hydrogens (tertiary/aromatic N) is 2. The number of hydrogen-bond acceptors (Lipinski definition) is 4. The number of likely N-dealkylation sites (N-methyl/N-ethyl adjacent to an activating group) is 2. The highest BCUT2D eigenvalue weighted by Gasteiger charge is 2.60. The second-order valence-electron chi connectivity index (χ2n) is 11.1. The van der Waals surface area contributed by atoms with Crippen molar-refractivity contribution < 1.29 is 9.47 Å². The fourth-order valence-corrected chi connectivity index (χ4v) is 6.83. The Labute approximate surface area is 223 Å². The predicted molar refractivity (Wildman–Crippen MR) is 148 cm³/mol. The molecule has 0 amide bonds. The minimum atomic E-state index is -0.726. The quantitative estimate of drug-likeness (QED) is 0.389. The molecular weight excluding hydrogens is 491 g/mol. The number of halogens is 2. The first-order valence-electron chi connectivity index (χ1n) is 12.2. The van der Waals surface area contributed by atoms with Gasteiger partial charge in [0.25, 0.3) is 0 Å². The van der Waals surface area contributed by atoms with Crippen LogP contribution in [-0.2, 0) is 20.3 Å². The van der Waals surface area contributed by atoms with Crippen LogP contribution < -0.4 is 9.80 Å². The topological polar surface area (TPSA) is 24.9 Å². The summed E-state index contributed by atoms with van der Waals surface area (Å²) < 4.78 is 13.8. The van der Waals surface area contributed by atoms with Gasteiger partial charge >= 0.3 is 0 Å². The molecule has 2 spiro atoms. The maximum atomic E-state index is 6.92. The molecule has 0 radical (unpaired) electrons. The van der Waals surface area contributed by atoms with E-state index in [1.54, 1.807) is 0 Å². The molecule has 2 atom stereocenters. The van der Waals surface area contributed by atoms with Crippen molar-refractivity contribution in [2.24, 2.45) is 0 Å². The van der Waals surface area contributed by atoms with Gasteiger partial charge in [-0.15, -0.1) is 0 Å². The Hall–Kier alpha value is -2.82. The SMILES string of the molecule is CN1c2ccc(Cl)cc2C(C)(C)C12C=CC=C(C1=CC=CC3(O1)N(C)c1ccc(Cl)cc1C3(C)C)O2. The average Bonchev–Trinajstić information content (AvgIpc) is 3.10. The molecule has 0 saturated heterocycles. The summed E-state index contributed by atoms with van der Waals surface area (Å²) in [5.41, 5.74) is 2.34. The molecule has 4 aliphatic rings. The van der Waals surface area contributed by atoms with Crippen molar-refractivity contribution in [2.75, 3.05) is 23.9 Å². The Balaban J connectivity index is 1.37. The minimum Gasteiger partial charge on any atom is -0.460 e. The third-order valence-electron chi connectivity index (χ3n) is 8.69.